The van der Waals surface area contributed by atoms with Gasteiger partial charge in [-0.15, -0.1) is 0 Å². The Hall–Kier alpha value is -0.830. The van der Waals surface area contributed by atoms with Gasteiger partial charge in [-0.1, -0.05) is 35.2 Å². The van der Waals surface area contributed by atoms with E-state index in [1.165, 1.54) is 43.2 Å². The summed E-state index contributed by atoms with van der Waals surface area (Å²) in [5.74, 6) is 1.31. The quantitative estimate of drug-likeness (QED) is 0.627. The molecule has 0 atom stereocenters. The number of amidine groups is 1. The molecule has 0 amide bonds. The molecule has 1 fully saturated rings. The SMILES string of the molecule is Cc1cc(Br)cc(C)c1N=C(N)C1CCCCC1. The van der Waals surface area contributed by atoms with Crippen molar-refractivity contribution < 1.29 is 0 Å². The summed E-state index contributed by atoms with van der Waals surface area (Å²) in [6, 6.07) is 4.19. The lowest BCUT2D eigenvalue weighted by molar-refractivity contribution is 0.437. The van der Waals surface area contributed by atoms with Gasteiger partial charge in [0.15, 0.2) is 0 Å². The third-order valence-electron chi connectivity index (χ3n) is 3.72. The van der Waals surface area contributed by atoms with Gasteiger partial charge in [0.1, 0.15) is 5.84 Å². The van der Waals surface area contributed by atoms with E-state index in [-0.39, 0.29) is 0 Å². The van der Waals surface area contributed by atoms with E-state index in [2.05, 4.69) is 41.9 Å². The Balaban J connectivity index is 2.26. The summed E-state index contributed by atoms with van der Waals surface area (Å²) in [5, 5.41) is 0. The summed E-state index contributed by atoms with van der Waals surface area (Å²) < 4.78 is 1.10. The zero-order chi connectivity index (χ0) is 13.1. The van der Waals surface area contributed by atoms with Gasteiger partial charge >= 0.3 is 0 Å². The van der Waals surface area contributed by atoms with E-state index in [1.807, 2.05) is 0 Å². The lowest BCUT2D eigenvalue weighted by Crippen LogP contribution is -2.25. The first-order valence-electron chi connectivity index (χ1n) is 6.68. The van der Waals surface area contributed by atoms with Crippen molar-refractivity contribution in [3.63, 3.8) is 0 Å². The van der Waals surface area contributed by atoms with Crippen LogP contribution in [0.2, 0.25) is 0 Å². The molecule has 0 aliphatic heterocycles. The van der Waals surface area contributed by atoms with E-state index in [0.29, 0.717) is 5.92 Å². The van der Waals surface area contributed by atoms with Crippen molar-refractivity contribution in [3.05, 3.63) is 27.7 Å². The minimum atomic E-state index is 0.487. The molecule has 3 heteroatoms. The maximum atomic E-state index is 6.19. The van der Waals surface area contributed by atoms with Gasteiger partial charge in [0.2, 0.25) is 0 Å². The molecule has 2 nitrogen and oxygen atoms in total. The molecule has 1 aliphatic rings. The highest BCUT2D eigenvalue weighted by Gasteiger charge is 2.17. The second-order valence-electron chi connectivity index (χ2n) is 5.26. The largest absolute Gasteiger partial charge is 0.387 e. The Labute approximate surface area is 118 Å². The summed E-state index contributed by atoms with van der Waals surface area (Å²) in [6.07, 6.45) is 6.33. The third kappa shape index (κ3) is 3.14. The standard InChI is InChI=1S/C15H21BrN2/c1-10-8-13(16)9-11(2)14(10)18-15(17)12-6-4-3-5-7-12/h8-9,12H,3-7H2,1-2H3,(H2,17,18). The number of hydrogen-bond acceptors (Lipinski definition) is 1. The molecule has 1 aromatic carbocycles. The van der Waals surface area contributed by atoms with Crippen LogP contribution in [0.1, 0.15) is 43.2 Å². The fourth-order valence-electron chi connectivity index (χ4n) is 2.70. The summed E-state index contributed by atoms with van der Waals surface area (Å²) in [6.45, 7) is 4.18. The van der Waals surface area contributed by atoms with Crippen molar-refractivity contribution >= 4 is 27.5 Å². The van der Waals surface area contributed by atoms with E-state index < -0.39 is 0 Å². The zero-order valence-electron chi connectivity index (χ0n) is 11.2. The fourth-order valence-corrected chi connectivity index (χ4v) is 3.38. The van der Waals surface area contributed by atoms with E-state index in [9.17, 15) is 0 Å². The van der Waals surface area contributed by atoms with Gasteiger partial charge in [-0.3, -0.25) is 0 Å². The monoisotopic (exact) mass is 308 g/mol. The van der Waals surface area contributed by atoms with Crippen LogP contribution in [-0.4, -0.2) is 5.84 Å². The molecule has 2 N–H and O–H groups in total. The summed E-state index contributed by atoms with van der Waals surface area (Å²) in [5.41, 5.74) is 9.60. The normalized spacial score (nSPS) is 18.1. The minimum Gasteiger partial charge on any atom is -0.387 e. The van der Waals surface area contributed by atoms with Crippen LogP contribution < -0.4 is 5.73 Å². The molecule has 1 aromatic rings. The maximum absolute atomic E-state index is 6.19. The number of nitrogens with zero attached hydrogens (tertiary/aromatic N) is 1. The smallest absolute Gasteiger partial charge is 0.103 e. The van der Waals surface area contributed by atoms with E-state index in [1.54, 1.807) is 0 Å². The van der Waals surface area contributed by atoms with Gasteiger partial charge in [-0.2, -0.15) is 0 Å². The third-order valence-corrected chi connectivity index (χ3v) is 4.18. The minimum absolute atomic E-state index is 0.487. The lowest BCUT2D eigenvalue weighted by Gasteiger charge is -2.21. The Kier molecular flexibility index (Phi) is 4.44. The van der Waals surface area contributed by atoms with Crippen LogP contribution in [0.15, 0.2) is 21.6 Å². The van der Waals surface area contributed by atoms with Gasteiger partial charge in [0.25, 0.3) is 0 Å². The Morgan fingerprint density at radius 1 is 1.17 bits per heavy atom. The first-order chi connectivity index (χ1) is 8.58. The number of hydrogen-bond donors (Lipinski definition) is 1. The molecule has 0 unspecified atom stereocenters. The summed E-state index contributed by atoms with van der Waals surface area (Å²) in [4.78, 5) is 4.70. The molecule has 0 saturated heterocycles. The lowest BCUT2D eigenvalue weighted by atomic mass is 9.88. The second-order valence-corrected chi connectivity index (χ2v) is 6.18. The van der Waals surface area contributed by atoms with Crippen LogP contribution in [0.25, 0.3) is 0 Å². The van der Waals surface area contributed by atoms with E-state index >= 15 is 0 Å². The topological polar surface area (TPSA) is 38.4 Å². The first kappa shape index (κ1) is 13.6. The average molecular weight is 309 g/mol. The number of rotatable bonds is 2. The van der Waals surface area contributed by atoms with Gasteiger partial charge in [0.05, 0.1) is 5.69 Å². The molecule has 18 heavy (non-hydrogen) atoms. The van der Waals surface area contributed by atoms with Crippen LogP contribution in [0.5, 0.6) is 0 Å². The molecule has 1 saturated carbocycles. The Morgan fingerprint density at radius 2 is 1.72 bits per heavy atom. The number of aliphatic imine (C=N–C) groups is 1. The van der Waals surface area contributed by atoms with E-state index in [4.69, 9.17) is 10.7 Å². The molecule has 0 heterocycles. The number of aryl methyl sites for hydroxylation is 2. The van der Waals surface area contributed by atoms with Gasteiger partial charge in [0, 0.05) is 10.4 Å². The summed E-state index contributed by atoms with van der Waals surface area (Å²) >= 11 is 3.51. The van der Waals surface area contributed by atoms with Crippen LogP contribution in [0, 0.1) is 19.8 Å². The van der Waals surface area contributed by atoms with Crippen molar-refractivity contribution in [1.82, 2.24) is 0 Å². The molecule has 2 rings (SSSR count). The zero-order valence-corrected chi connectivity index (χ0v) is 12.8. The van der Waals surface area contributed by atoms with Crippen molar-refractivity contribution in [3.8, 4) is 0 Å². The molecule has 0 spiro atoms. The molecule has 0 bridgehead atoms. The molecule has 0 radical (unpaired) electrons. The van der Waals surface area contributed by atoms with Crippen LogP contribution in [-0.2, 0) is 0 Å². The number of benzene rings is 1. The van der Waals surface area contributed by atoms with Gasteiger partial charge in [-0.05, 0) is 49.9 Å². The predicted molar refractivity (Wildman–Crippen MR) is 81.5 cm³/mol. The van der Waals surface area contributed by atoms with Crippen LogP contribution >= 0.6 is 15.9 Å². The van der Waals surface area contributed by atoms with Crippen molar-refractivity contribution in [1.29, 1.82) is 0 Å². The predicted octanol–water partition coefficient (Wildman–Crippen LogP) is 4.63. The van der Waals surface area contributed by atoms with Crippen molar-refractivity contribution in [2.75, 3.05) is 0 Å². The highest BCUT2D eigenvalue weighted by Crippen LogP contribution is 2.30. The highest BCUT2D eigenvalue weighted by molar-refractivity contribution is 9.10. The first-order valence-corrected chi connectivity index (χ1v) is 7.48. The number of halogens is 1. The second kappa shape index (κ2) is 5.87. The highest BCUT2D eigenvalue weighted by atomic mass is 79.9. The molecular formula is C15H21BrN2. The van der Waals surface area contributed by atoms with E-state index in [0.717, 1.165) is 16.0 Å². The molecule has 98 valence electrons. The Bertz CT molecular complexity index is 437. The molecular weight excluding hydrogens is 288 g/mol. The van der Waals surface area contributed by atoms with Gasteiger partial charge in [-0.25, -0.2) is 4.99 Å². The average Bonchev–Trinajstić information content (AvgIpc) is 2.34. The van der Waals surface area contributed by atoms with Gasteiger partial charge < -0.3 is 5.73 Å². The summed E-state index contributed by atoms with van der Waals surface area (Å²) in [7, 11) is 0. The van der Waals surface area contributed by atoms with Crippen LogP contribution in [0.4, 0.5) is 5.69 Å². The Morgan fingerprint density at radius 3 is 2.28 bits per heavy atom. The van der Waals surface area contributed by atoms with Crippen molar-refractivity contribution in [2.24, 2.45) is 16.6 Å². The fraction of sp³-hybridized carbons (Fsp3) is 0.533. The van der Waals surface area contributed by atoms with Crippen LogP contribution in [0.3, 0.4) is 0 Å². The number of nitrogens with two attached hydrogens (primary N) is 1. The molecule has 0 aromatic heterocycles. The van der Waals surface area contributed by atoms with Crippen molar-refractivity contribution in [2.45, 2.75) is 46.0 Å². The molecule has 1 aliphatic carbocycles. The maximum Gasteiger partial charge on any atom is 0.103 e.